The normalized spacial score (nSPS) is 10.1. The van der Waals surface area contributed by atoms with E-state index in [9.17, 15) is 9.59 Å². The van der Waals surface area contributed by atoms with E-state index in [1.807, 2.05) is 30.3 Å². The van der Waals surface area contributed by atoms with Crippen LogP contribution >= 0.6 is 0 Å². The van der Waals surface area contributed by atoms with Crippen molar-refractivity contribution in [1.82, 2.24) is 5.32 Å². The van der Waals surface area contributed by atoms with Crippen LogP contribution in [0.4, 0.5) is 5.69 Å². The van der Waals surface area contributed by atoms with Crippen molar-refractivity contribution >= 4 is 17.5 Å². The Labute approximate surface area is 180 Å². The molecule has 0 saturated carbocycles. The number of amides is 2. The van der Waals surface area contributed by atoms with E-state index in [4.69, 9.17) is 14.2 Å². The van der Waals surface area contributed by atoms with Crippen molar-refractivity contribution in [3.8, 4) is 17.2 Å². The SMILES string of the molecule is COc1ccc(NC(=O)COc2cccc(C(=O)NCc3ccccc3)c2)cc1OC. The van der Waals surface area contributed by atoms with Crippen LogP contribution in [0, 0.1) is 0 Å². The second kappa shape index (κ2) is 10.7. The van der Waals surface area contributed by atoms with Gasteiger partial charge in [-0.15, -0.1) is 0 Å². The minimum atomic E-state index is -0.342. The van der Waals surface area contributed by atoms with Crippen LogP contribution < -0.4 is 24.8 Å². The lowest BCUT2D eigenvalue weighted by Gasteiger charge is -2.11. The topological polar surface area (TPSA) is 85.9 Å². The predicted molar refractivity (Wildman–Crippen MR) is 118 cm³/mol. The molecule has 0 aromatic heterocycles. The van der Waals surface area contributed by atoms with Gasteiger partial charge in [0.1, 0.15) is 5.75 Å². The molecule has 7 heteroatoms. The monoisotopic (exact) mass is 420 g/mol. The lowest BCUT2D eigenvalue weighted by Crippen LogP contribution is -2.23. The first kappa shape index (κ1) is 21.7. The van der Waals surface area contributed by atoms with E-state index in [2.05, 4.69) is 10.6 Å². The van der Waals surface area contributed by atoms with E-state index in [1.54, 1.807) is 49.6 Å². The van der Waals surface area contributed by atoms with Crippen LogP contribution in [0.2, 0.25) is 0 Å². The van der Waals surface area contributed by atoms with Gasteiger partial charge in [0.2, 0.25) is 0 Å². The third-order valence-corrected chi connectivity index (χ3v) is 4.43. The van der Waals surface area contributed by atoms with Crippen molar-refractivity contribution in [1.29, 1.82) is 0 Å². The summed E-state index contributed by atoms with van der Waals surface area (Å²) in [5, 5.41) is 5.60. The van der Waals surface area contributed by atoms with Gasteiger partial charge in [-0.25, -0.2) is 0 Å². The molecule has 160 valence electrons. The van der Waals surface area contributed by atoms with Gasteiger partial charge in [-0.3, -0.25) is 9.59 Å². The van der Waals surface area contributed by atoms with Crippen molar-refractivity contribution in [2.75, 3.05) is 26.1 Å². The maximum absolute atomic E-state index is 12.4. The van der Waals surface area contributed by atoms with Gasteiger partial charge in [0, 0.05) is 23.9 Å². The third-order valence-electron chi connectivity index (χ3n) is 4.43. The number of rotatable bonds is 9. The van der Waals surface area contributed by atoms with Gasteiger partial charge in [0.25, 0.3) is 11.8 Å². The molecule has 0 fully saturated rings. The van der Waals surface area contributed by atoms with Crippen LogP contribution in [-0.2, 0) is 11.3 Å². The lowest BCUT2D eigenvalue weighted by atomic mass is 10.2. The Kier molecular flexibility index (Phi) is 7.48. The summed E-state index contributed by atoms with van der Waals surface area (Å²) in [5.74, 6) is 0.944. The number of hydrogen-bond donors (Lipinski definition) is 2. The number of methoxy groups -OCH3 is 2. The summed E-state index contributed by atoms with van der Waals surface area (Å²) in [6.07, 6.45) is 0. The van der Waals surface area contributed by atoms with Gasteiger partial charge >= 0.3 is 0 Å². The van der Waals surface area contributed by atoms with Gasteiger partial charge < -0.3 is 24.8 Å². The zero-order valence-electron chi connectivity index (χ0n) is 17.4. The van der Waals surface area contributed by atoms with Crippen LogP contribution in [0.25, 0.3) is 0 Å². The fourth-order valence-corrected chi connectivity index (χ4v) is 2.87. The molecule has 2 amide bonds. The second-order valence-electron chi connectivity index (χ2n) is 6.60. The van der Waals surface area contributed by atoms with Crippen molar-refractivity contribution in [2.45, 2.75) is 6.54 Å². The summed E-state index contributed by atoms with van der Waals surface area (Å²) in [6, 6.07) is 21.4. The Morgan fingerprint density at radius 2 is 1.61 bits per heavy atom. The van der Waals surface area contributed by atoms with E-state index < -0.39 is 0 Å². The van der Waals surface area contributed by atoms with Gasteiger partial charge in [-0.05, 0) is 35.9 Å². The standard InChI is InChI=1S/C24H24N2O5/c1-29-21-12-11-19(14-22(21)30-2)26-23(27)16-31-20-10-6-9-18(13-20)24(28)25-15-17-7-4-3-5-8-17/h3-14H,15-16H2,1-2H3,(H,25,28)(H,26,27). The molecule has 0 bridgehead atoms. The minimum absolute atomic E-state index is 0.205. The fourth-order valence-electron chi connectivity index (χ4n) is 2.87. The lowest BCUT2D eigenvalue weighted by molar-refractivity contribution is -0.118. The minimum Gasteiger partial charge on any atom is -0.493 e. The summed E-state index contributed by atoms with van der Waals surface area (Å²) < 4.78 is 16.0. The molecule has 3 rings (SSSR count). The molecule has 3 aromatic carbocycles. The van der Waals surface area contributed by atoms with Crippen molar-refractivity contribution in [3.05, 3.63) is 83.9 Å². The molecule has 0 saturated heterocycles. The molecule has 0 radical (unpaired) electrons. The number of carbonyl (C=O) groups is 2. The number of benzene rings is 3. The maximum atomic E-state index is 12.4. The van der Waals surface area contributed by atoms with Gasteiger partial charge in [0.05, 0.1) is 14.2 Å². The Hall–Kier alpha value is -4.00. The molecule has 0 atom stereocenters. The summed E-state index contributed by atoms with van der Waals surface area (Å²) in [7, 11) is 3.07. The second-order valence-corrected chi connectivity index (χ2v) is 6.60. The quantitative estimate of drug-likeness (QED) is 0.552. The number of carbonyl (C=O) groups excluding carboxylic acids is 2. The molecule has 3 aromatic rings. The van der Waals surface area contributed by atoms with Gasteiger partial charge in [0.15, 0.2) is 18.1 Å². The molecule has 0 unspecified atom stereocenters. The Bertz CT molecular complexity index is 1040. The summed E-state index contributed by atoms with van der Waals surface area (Å²) in [5.41, 5.74) is 2.02. The highest BCUT2D eigenvalue weighted by Gasteiger charge is 2.10. The van der Waals surface area contributed by atoms with E-state index in [0.717, 1.165) is 5.56 Å². The van der Waals surface area contributed by atoms with Crippen LogP contribution in [0.15, 0.2) is 72.8 Å². The van der Waals surface area contributed by atoms with Gasteiger partial charge in [-0.2, -0.15) is 0 Å². The molecule has 0 heterocycles. The molecule has 31 heavy (non-hydrogen) atoms. The van der Waals surface area contributed by atoms with Crippen LogP contribution in [-0.4, -0.2) is 32.6 Å². The first-order valence-electron chi connectivity index (χ1n) is 9.66. The third kappa shape index (κ3) is 6.24. The largest absolute Gasteiger partial charge is 0.493 e. The van der Waals surface area contributed by atoms with Crippen molar-refractivity contribution in [3.63, 3.8) is 0 Å². The Morgan fingerprint density at radius 3 is 2.35 bits per heavy atom. The zero-order valence-corrected chi connectivity index (χ0v) is 17.4. The Morgan fingerprint density at radius 1 is 0.839 bits per heavy atom. The molecule has 7 nitrogen and oxygen atoms in total. The highest BCUT2D eigenvalue weighted by atomic mass is 16.5. The molecule has 0 aliphatic carbocycles. The van der Waals surface area contributed by atoms with Crippen LogP contribution in [0.3, 0.4) is 0 Å². The molecular formula is C24H24N2O5. The number of anilines is 1. The van der Waals surface area contributed by atoms with E-state index in [-0.39, 0.29) is 18.4 Å². The molecule has 0 aliphatic heterocycles. The smallest absolute Gasteiger partial charge is 0.262 e. The van der Waals surface area contributed by atoms with E-state index in [1.165, 1.54) is 7.11 Å². The molecule has 2 N–H and O–H groups in total. The molecule has 0 aliphatic rings. The van der Waals surface area contributed by atoms with E-state index in [0.29, 0.717) is 35.0 Å². The zero-order chi connectivity index (χ0) is 22.1. The highest BCUT2D eigenvalue weighted by Crippen LogP contribution is 2.29. The van der Waals surface area contributed by atoms with Crippen molar-refractivity contribution in [2.24, 2.45) is 0 Å². The molecule has 0 spiro atoms. The number of hydrogen-bond acceptors (Lipinski definition) is 5. The average Bonchev–Trinajstić information content (AvgIpc) is 2.82. The Balaban J connectivity index is 1.53. The highest BCUT2D eigenvalue weighted by molar-refractivity contribution is 5.94. The summed E-state index contributed by atoms with van der Waals surface area (Å²) in [4.78, 5) is 24.6. The first-order chi connectivity index (χ1) is 15.1. The van der Waals surface area contributed by atoms with Gasteiger partial charge in [-0.1, -0.05) is 36.4 Å². The summed E-state index contributed by atoms with van der Waals surface area (Å²) >= 11 is 0. The summed E-state index contributed by atoms with van der Waals surface area (Å²) in [6.45, 7) is 0.224. The first-order valence-corrected chi connectivity index (χ1v) is 9.66. The maximum Gasteiger partial charge on any atom is 0.262 e. The molecular weight excluding hydrogens is 396 g/mol. The van der Waals surface area contributed by atoms with Crippen molar-refractivity contribution < 1.29 is 23.8 Å². The van der Waals surface area contributed by atoms with E-state index >= 15 is 0 Å². The number of nitrogens with one attached hydrogen (secondary N) is 2. The average molecular weight is 420 g/mol. The van der Waals surface area contributed by atoms with Crippen LogP contribution in [0.5, 0.6) is 17.2 Å². The van der Waals surface area contributed by atoms with Crippen LogP contribution in [0.1, 0.15) is 15.9 Å². The fraction of sp³-hybridized carbons (Fsp3) is 0.167. The predicted octanol–water partition coefficient (Wildman–Crippen LogP) is 3.65. The number of ether oxygens (including phenoxy) is 3.